The van der Waals surface area contributed by atoms with E-state index in [2.05, 4.69) is 21.8 Å². The van der Waals surface area contributed by atoms with E-state index < -0.39 is 0 Å². The van der Waals surface area contributed by atoms with Crippen LogP contribution in [-0.4, -0.2) is 35.4 Å². The molecule has 0 aliphatic heterocycles. The predicted molar refractivity (Wildman–Crippen MR) is 67.9 cm³/mol. The maximum atomic E-state index is 5.91. The molecule has 0 spiro atoms. The lowest BCUT2D eigenvalue weighted by Crippen LogP contribution is -2.43. The molecule has 96 valence electrons. The van der Waals surface area contributed by atoms with E-state index in [1.807, 2.05) is 26.5 Å². The summed E-state index contributed by atoms with van der Waals surface area (Å²) in [4.78, 5) is 4.39. The molecule has 0 saturated heterocycles. The van der Waals surface area contributed by atoms with Crippen molar-refractivity contribution in [1.29, 1.82) is 0 Å². The van der Waals surface area contributed by atoms with E-state index in [0.717, 1.165) is 24.8 Å². The van der Waals surface area contributed by atoms with E-state index in [4.69, 9.17) is 4.74 Å². The van der Waals surface area contributed by atoms with Crippen LogP contribution in [0.1, 0.15) is 25.6 Å². The van der Waals surface area contributed by atoms with E-state index in [1.54, 1.807) is 0 Å². The van der Waals surface area contributed by atoms with Crippen molar-refractivity contribution < 1.29 is 4.74 Å². The fourth-order valence-electron chi connectivity index (χ4n) is 2.37. The van der Waals surface area contributed by atoms with Crippen molar-refractivity contribution in [3.63, 3.8) is 0 Å². The number of aryl methyl sites for hydroxylation is 1. The van der Waals surface area contributed by atoms with Crippen LogP contribution >= 0.6 is 0 Å². The fourth-order valence-corrected chi connectivity index (χ4v) is 2.37. The van der Waals surface area contributed by atoms with Crippen LogP contribution in [0, 0.1) is 5.92 Å². The highest BCUT2D eigenvalue weighted by Gasteiger charge is 2.37. The minimum absolute atomic E-state index is 0.335. The summed E-state index contributed by atoms with van der Waals surface area (Å²) >= 11 is 0. The summed E-state index contributed by atoms with van der Waals surface area (Å²) in [6.45, 7) is 2.86. The first-order chi connectivity index (χ1) is 8.26. The maximum absolute atomic E-state index is 5.91. The summed E-state index contributed by atoms with van der Waals surface area (Å²) in [6, 6.07) is 0.364. The van der Waals surface area contributed by atoms with Gasteiger partial charge in [-0.15, -0.1) is 0 Å². The van der Waals surface area contributed by atoms with Crippen LogP contribution in [0.2, 0.25) is 0 Å². The minimum atomic E-state index is 0.335. The number of nitrogens with one attached hydrogen (secondary N) is 1. The SMILES string of the molecule is CCOC(C1CC1)C(Cc1nccn1C)NC. The van der Waals surface area contributed by atoms with Gasteiger partial charge in [-0.05, 0) is 32.7 Å². The summed E-state index contributed by atoms with van der Waals surface area (Å²) in [7, 11) is 4.06. The van der Waals surface area contributed by atoms with Crippen LogP contribution in [-0.2, 0) is 18.2 Å². The van der Waals surface area contributed by atoms with Gasteiger partial charge in [0.1, 0.15) is 5.82 Å². The van der Waals surface area contributed by atoms with Crippen molar-refractivity contribution in [2.75, 3.05) is 13.7 Å². The lowest BCUT2D eigenvalue weighted by molar-refractivity contribution is 0.0205. The summed E-state index contributed by atoms with van der Waals surface area (Å²) in [5, 5.41) is 3.40. The summed E-state index contributed by atoms with van der Waals surface area (Å²) in [6.07, 6.45) is 7.74. The molecule has 0 bridgehead atoms. The van der Waals surface area contributed by atoms with Crippen LogP contribution in [0.15, 0.2) is 12.4 Å². The van der Waals surface area contributed by atoms with Crippen LogP contribution in [0.4, 0.5) is 0 Å². The number of hydrogen-bond donors (Lipinski definition) is 1. The highest BCUT2D eigenvalue weighted by molar-refractivity contribution is 4.99. The van der Waals surface area contributed by atoms with Gasteiger partial charge < -0.3 is 14.6 Å². The molecule has 1 aromatic heterocycles. The molecule has 0 amide bonds. The number of rotatable bonds is 7. The topological polar surface area (TPSA) is 39.1 Å². The molecule has 4 nitrogen and oxygen atoms in total. The molecule has 1 N–H and O–H groups in total. The maximum Gasteiger partial charge on any atom is 0.110 e. The molecule has 2 atom stereocenters. The van der Waals surface area contributed by atoms with E-state index >= 15 is 0 Å². The first-order valence-corrected chi connectivity index (χ1v) is 6.51. The van der Waals surface area contributed by atoms with Crippen molar-refractivity contribution in [3.8, 4) is 0 Å². The molecule has 1 heterocycles. The summed E-state index contributed by atoms with van der Waals surface area (Å²) < 4.78 is 7.99. The van der Waals surface area contributed by atoms with E-state index in [9.17, 15) is 0 Å². The largest absolute Gasteiger partial charge is 0.377 e. The van der Waals surface area contributed by atoms with Crippen LogP contribution in [0.3, 0.4) is 0 Å². The lowest BCUT2D eigenvalue weighted by Gasteiger charge is -2.26. The summed E-state index contributed by atoms with van der Waals surface area (Å²) in [5.74, 6) is 1.86. The van der Waals surface area contributed by atoms with Crippen LogP contribution in [0.25, 0.3) is 0 Å². The Morgan fingerprint density at radius 1 is 1.59 bits per heavy atom. The molecule has 1 fully saturated rings. The Balaban J connectivity index is 2.01. The van der Waals surface area contributed by atoms with Crippen molar-refractivity contribution in [2.45, 2.75) is 38.3 Å². The Bertz CT molecular complexity index is 346. The third kappa shape index (κ3) is 3.07. The Hall–Kier alpha value is -0.870. The van der Waals surface area contributed by atoms with Gasteiger partial charge in [0.25, 0.3) is 0 Å². The molecule has 2 rings (SSSR count). The number of imidazole rings is 1. The van der Waals surface area contributed by atoms with Crippen molar-refractivity contribution in [2.24, 2.45) is 13.0 Å². The molecule has 0 aromatic carbocycles. The van der Waals surface area contributed by atoms with Gasteiger partial charge in [0.15, 0.2) is 0 Å². The molecule has 2 unspecified atom stereocenters. The Kier molecular flexibility index (Phi) is 4.18. The molecule has 17 heavy (non-hydrogen) atoms. The molecule has 1 saturated carbocycles. The van der Waals surface area contributed by atoms with Gasteiger partial charge in [-0.3, -0.25) is 0 Å². The zero-order valence-electron chi connectivity index (χ0n) is 11.0. The van der Waals surface area contributed by atoms with E-state index in [0.29, 0.717) is 12.1 Å². The Labute approximate surface area is 103 Å². The molecule has 0 radical (unpaired) electrons. The molecule has 1 aliphatic rings. The lowest BCUT2D eigenvalue weighted by atomic mass is 10.0. The smallest absolute Gasteiger partial charge is 0.110 e. The van der Waals surface area contributed by atoms with Gasteiger partial charge in [0, 0.05) is 38.5 Å². The van der Waals surface area contributed by atoms with Crippen LogP contribution in [0.5, 0.6) is 0 Å². The second-order valence-electron chi connectivity index (χ2n) is 4.81. The van der Waals surface area contributed by atoms with Gasteiger partial charge in [-0.1, -0.05) is 0 Å². The molecule has 4 heteroatoms. The zero-order valence-corrected chi connectivity index (χ0v) is 11.0. The second kappa shape index (κ2) is 5.65. The van der Waals surface area contributed by atoms with Crippen molar-refractivity contribution in [1.82, 2.24) is 14.9 Å². The normalized spacial score (nSPS) is 19.2. The molecule has 1 aliphatic carbocycles. The standard InChI is InChI=1S/C13H23N3O/c1-4-17-13(10-5-6-10)11(14-2)9-12-15-7-8-16(12)3/h7-8,10-11,13-14H,4-6,9H2,1-3H3. The third-order valence-corrected chi connectivity index (χ3v) is 3.54. The third-order valence-electron chi connectivity index (χ3n) is 3.54. The van der Waals surface area contributed by atoms with Crippen LogP contribution < -0.4 is 5.32 Å². The number of likely N-dealkylation sites (N-methyl/N-ethyl adjacent to an activating group) is 1. The second-order valence-corrected chi connectivity index (χ2v) is 4.81. The highest BCUT2D eigenvalue weighted by atomic mass is 16.5. The predicted octanol–water partition coefficient (Wildman–Crippen LogP) is 1.37. The Morgan fingerprint density at radius 3 is 2.82 bits per heavy atom. The summed E-state index contributed by atoms with van der Waals surface area (Å²) in [5.41, 5.74) is 0. The number of ether oxygens (including phenoxy) is 1. The molecular weight excluding hydrogens is 214 g/mol. The zero-order chi connectivity index (χ0) is 12.3. The first kappa shape index (κ1) is 12.6. The molecule has 1 aromatic rings. The number of aromatic nitrogens is 2. The fraction of sp³-hybridized carbons (Fsp3) is 0.769. The monoisotopic (exact) mass is 237 g/mol. The number of nitrogens with zero attached hydrogens (tertiary/aromatic N) is 2. The molecular formula is C13H23N3O. The average Bonchev–Trinajstić information content (AvgIpc) is 3.09. The van der Waals surface area contributed by atoms with Crippen molar-refractivity contribution in [3.05, 3.63) is 18.2 Å². The Morgan fingerprint density at radius 2 is 2.35 bits per heavy atom. The van der Waals surface area contributed by atoms with E-state index in [1.165, 1.54) is 12.8 Å². The van der Waals surface area contributed by atoms with Gasteiger partial charge in [-0.25, -0.2) is 4.98 Å². The number of hydrogen-bond acceptors (Lipinski definition) is 3. The van der Waals surface area contributed by atoms with Gasteiger partial charge >= 0.3 is 0 Å². The van der Waals surface area contributed by atoms with E-state index in [-0.39, 0.29) is 0 Å². The van der Waals surface area contributed by atoms with Gasteiger partial charge in [-0.2, -0.15) is 0 Å². The van der Waals surface area contributed by atoms with Crippen molar-refractivity contribution >= 4 is 0 Å². The average molecular weight is 237 g/mol. The quantitative estimate of drug-likeness (QED) is 0.778. The van der Waals surface area contributed by atoms with Gasteiger partial charge in [0.2, 0.25) is 0 Å². The highest BCUT2D eigenvalue weighted by Crippen LogP contribution is 2.36. The first-order valence-electron chi connectivity index (χ1n) is 6.51. The van der Waals surface area contributed by atoms with Gasteiger partial charge in [0.05, 0.1) is 6.10 Å². The minimum Gasteiger partial charge on any atom is -0.377 e.